The van der Waals surface area contributed by atoms with Crippen molar-refractivity contribution >= 4 is 21.7 Å². The van der Waals surface area contributed by atoms with Gasteiger partial charge in [0.1, 0.15) is 11.6 Å². The molecule has 1 fully saturated rings. The molecule has 0 aliphatic heterocycles. The van der Waals surface area contributed by atoms with E-state index < -0.39 is 0 Å². The maximum Gasteiger partial charge on any atom is 0.144 e. The molecule has 1 aliphatic carbocycles. The molecule has 1 aliphatic rings. The molecule has 0 aromatic carbocycles. The zero-order valence-electron chi connectivity index (χ0n) is 10.6. The van der Waals surface area contributed by atoms with Crippen molar-refractivity contribution in [3.63, 3.8) is 0 Å². The summed E-state index contributed by atoms with van der Waals surface area (Å²) < 4.78 is 1.04. The monoisotopic (exact) mass is 297 g/mol. The van der Waals surface area contributed by atoms with Gasteiger partial charge in [-0.1, -0.05) is 20.3 Å². The van der Waals surface area contributed by atoms with E-state index in [0.29, 0.717) is 5.92 Å². The summed E-state index contributed by atoms with van der Waals surface area (Å²) in [6.07, 6.45) is 5.87. The van der Waals surface area contributed by atoms with Gasteiger partial charge in [0, 0.05) is 12.5 Å². The lowest BCUT2D eigenvalue weighted by Crippen LogP contribution is -2.16. The topological polar surface area (TPSA) is 37.8 Å². The van der Waals surface area contributed by atoms with Crippen LogP contribution in [-0.2, 0) is 6.42 Å². The van der Waals surface area contributed by atoms with E-state index in [-0.39, 0.29) is 0 Å². The summed E-state index contributed by atoms with van der Waals surface area (Å²) in [5.74, 6) is 2.60. The number of halogens is 1. The fourth-order valence-electron chi connectivity index (χ4n) is 1.96. The molecule has 1 aromatic rings. The average molecular weight is 298 g/mol. The Labute approximate surface area is 112 Å². The molecular formula is C13H20BrN3. The van der Waals surface area contributed by atoms with Crippen molar-refractivity contribution in [3.8, 4) is 0 Å². The molecule has 1 N–H and O–H groups in total. The maximum atomic E-state index is 4.68. The second-order valence-electron chi connectivity index (χ2n) is 4.60. The highest BCUT2D eigenvalue weighted by Crippen LogP contribution is 2.36. The maximum absolute atomic E-state index is 4.68. The van der Waals surface area contributed by atoms with Gasteiger partial charge in [-0.15, -0.1) is 0 Å². The molecule has 0 atom stereocenters. The van der Waals surface area contributed by atoms with E-state index >= 15 is 0 Å². The van der Waals surface area contributed by atoms with Crippen LogP contribution in [0.3, 0.4) is 0 Å². The number of hydrogen-bond donors (Lipinski definition) is 1. The lowest BCUT2D eigenvalue weighted by atomic mass is 9.85. The predicted molar refractivity (Wildman–Crippen MR) is 74.5 cm³/mol. The van der Waals surface area contributed by atoms with Crippen molar-refractivity contribution in [1.29, 1.82) is 0 Å². The molecule has 1 heterocycles. The van der Waals surface area contributed by atoms with E-state index in [2.05, 4.69) is 45.1 Å². The van der Waals surface area contributed by atoms with Crippen LogP contribution in [0.15, 0.2) is 4.47 Å². The summed E-state index contributed by atoms with van der Waals surface area (Å²) >= 11 is 3.61. The van der Waals surface area contributed by atoms with Crippen molar-refractivity contribution in [2.75, 3.05) is 11.9 Å². The second-order valence-corrected chi connectivity index (χ2v) is 5.39. The van der Waals surface area contributed by atoms with Gasteiger partial charge in [0.2, 0.25) is 0 Å². The first kappa shape index (κ1) is 12.8. The number of rotatable bonds is 5. The summed E-state index contributed by atoms with van der Waals surface area (Å²) in [4.78, 5) is 9.35. The van der Waals surface area contributed by atoms with Gasteiger partial charge in [-0.2, -0.15) is 0 Å². The third-order valence-corrected chi connectivity index (χ3v) is 4.12. The zero-order valence-corrected chi connectivity index (χ0v) is 12.2. The minimum Gasteiger partial charge on any atom is -0.369 e. The van der Waals surface area contributed by atoms with Gasteiger partial charge < -0.3 is 5.32 Å². The normalized spacial score (nSPS) is 15.7. The molecule has 0 spiro atoms. The third-order valence-electron chi connectivity index (χ3n) is 3.28. The lowest BCUT2D eigenvalue weighted by molar-refractivity contribution is 0.400. The quantitative estimate of drug-likeness (QED) is 0.896. The van der Waals surface area contributed by atoms with Crippen molar-refractivity contribution in [3.05, 3.63) is 16.0 Å². The first-order valence-electron chi connectivity index (χ1n) is 6.56. The first-order chi connectivity index (χ1) is 8.26. The van der Waals surface area contributed by atoms with Crippen LogP contribution in [0, 0.1) is 0 Å². The van der Waals surface area contributed by atoms with Crippen LogP contribution in [-0.4, -0.2) is 16.5 Å². The van der Waals surface area contributed by atoms with Gasteiger partial charge in [0.15, 0.2) is 0 Å². The van der Waals surface area contributed by atoms with Crippen LogP contribution in [0.1, 0.15) is 57.0 Å². The molecule has 0 radical (unpaired) electrons. The van der Waals surface area contributed by atoms with Crippen LogP contribution in [0.2, 0.25) is 0 Å². The molecule has 0 saturated heterocycles. The SMILES string of the molecule is CCCNc1nc(C2CCC2)nc(CC)c1Br. The molecule has 2 rings (SSSR count). The van der Waals surface area contributed by atoms with Crippen LogP contribution in [0.25, 0.3) is 0 Å². The van der Waals surface area contributed by atoms with Crippen molar-refractivity contribution in [1.82, 2.24) is 9.97 Å². The van der Waals surface area contributed by atoms with E-state index in [1.54, 1.807) is 0 Å². The Balaban J connectivity index is 2.27. The smallest absolute Gasteiger partial charge is 0.144 e. The van der Waals surface area contributed by atoms with E-state index in [4.69, 9.17) is 0 Å². The summed E-state index contributed by atoms with van der Waals surface area (Å²) in [6.45, 7) is 5.26. The standard InChI is InChI=1S/C13H20BrN3/c1-3-8-15-13-11(14)10(4-2)16-12(17-13)9-6-5-7-9/h9H,3-8H2,1-2H3,(H,15,16,17). The highest BCUT2D eigenvalue weighted by molar-refractivity contribution is 9.10. The van der Waals surface area contributed by atoms with Crippen LogP contribution in [0.4, 0.5) is 5.82 Å². The molecular weight excluding hydrogens is 278 g/mol. The highest BCUT2D eigenvalue weighted by atomic mass is 79.9. The van der Waals surface area contributed by atoms with Crippen molar-refractivity contribution in [2.24, 2.45) is 0 Å². The zero-order chi connectivity index (χ0) is 12.3. The van der Waals surface area contributed by atoms with Gasteiger partial charge in [0.05, 0.1) is 10.2 Å². The number of nitrogens with one attached hydrogen (secondary N) is 1. The number of hydrogen-bond acceptors (Lipinski definition) is 3. The molecule has 0 bridgehead atoms. The number of nitrogens with zero attached hydrogens (tertiary/aromatic N) is 2. The molecule has 1 saturated carbocycles. The Kier molecular flexibility index (Phi) is 4.37. The Morgan fingerprint density at radius 3 is 2.59 bits per heavy atom. The van der Waals surface area contributed by atoms with Crippen molar-refractivity contribution < 1.29 is 0 Å². The molecule has 94 valence electrons. The molecule has 4 heteroatoms. The van der Waals surface area contributed by atoms with Gasteiger partial charge in [-0.05, 0) is 41.6 Å². The van der Waals surface area contributed by atoms with Gasteiger partial charge in [0.25, 0.3) is 0 Å². The highest BCUT2D eigenvalue weighted by Gasteiger charge is 2.24. The van der Waals surface area contributed by atoms with Gasteiger partial charge in [-0.25, -0.2) is 9.97 Å². The summed E-state index contributed by atoms with van der Waals surface area (Å²) in [5.41, 5.74) is 1.13. The minimum atomic E-state index is 0.593. The van der Waals surface area contributed by atoms with E-state index in [1.165, 1.54) is 19.3 Å². The fourth-order valence-corrected chi connectivity index (χ4v) is 2.55. The number of aromatic nitrogens is 2. The lowest BCUT2D eigenvalue weighted by Gasteiger charge is -2.25. The average Bonchev–Trinajstić information content (AvgIpc) is 2.27. The van der Waals surface area contributed by atoms with E-state index in [0.717, 1.165) is 41.2 Å². The first-order valence-corrected chi connectivity index (χ1v) is 7.35. The Morgan fingerprint density at radius 1 is 1.29 bits per heavy atom. The van der Waals surface area contributed by atoms with Crippen molar-refractivity contribution in [2.45, 2.75) is 51.9 Å². The van der Waals surface area contributed by atoms with Gasteiger partial charge >= 0.3 is 0 Å². The fraction of sp³-hybridized carbons (Fsp3) is 0.692. The molecule has 0 amide bonds. The third kappa shape index (κ3) is 2.79. The van der Waals surface area contributed by atoms with Crippen LogP contribution < -0.4 is 5.32 Å². The van der Waals surface area contributed by atoms with E-state index in [1.807, 2.05) is 0 Å². The second kappa shape index (κ2) is 5.80. The number of aryl methyl sites for hydroxylation is 1. The Morgan fingerprint density at radius 2 is 2.06 bits per heavy atom. The Hall–Kier alpha value is -0.640. The molecule has 0 unspecified atom stereocenters. The Bertz CT molecular complexity index is 388. The molecule has 1 aromatic heterocycles. The van der Waals surface area contributed by atoms with E-state index in [9.17, 15) is 0 Å². The molecule has 17 heavy (non-hydrogen) atoms. The van der Waals surface area contributed by atoms with Crippen LogP contribution in [0.5, 0.6) is 0 Å². The largest absolute Gasteiger partial charge is 0.369 e. The summed E-state index contributed by atoms with van der Waals surface area (Å²) in [5, 5.41) is 3.38. The summed E-state index contributed by atoms with van der Waals surface area (Å²) in [7, 11) is 0. The number of anilines is 1. The van der Waals surface area contributed by atoms with Gasteiger partial charge in [-0.3, -0.25) is 0 Å². The minimum absolute atomic E-state index is 0.593. The van der Waals surface area contributed by atoms with Crippen LogP contribution >= 0.6 is 15.9 Å². The predicted octanol–water partition coefficient (Wildman–Crippen LogP) is 3.89. The molecule has 3 nitrogen and oxygen atoms in total. The summed E-state index contributed by atoms with van der Waals surface area (Å²) in [6, 6.07) is 0.